The monoisotopic (exact) mass is 534 g/mol. The summed E-state index contributed by atoms with van der Waals surface area (Å²) in [6.07, 6.45) is 1.59. The molecule has 2 heterocycles. The number of hydrogen-bond acceptors (Lipinski definition) is 6. The van der Waals surface area contributed by atoms with Gasteiger partial charge in [-0.05, 0) is 72.8 Å². The zero-order chi connectivity index (χ0) is 25.5. The number of carbonyl (C=O) groups excluding carboxylic acids is 1. The third-order valence-corrected chi connectivity index (χ3v) is 8.39. The van der Waals surface area contributed by atoms with E-state index < -0.39 is 27.4 Å². The third kappa shape index (κ3) is 4.88. The summed E-state index contributed by atoms with van der Waals surface area (Å²) in [7, 11) is -2.48. The topological polar surface area (TPSA) is 109 Å². The van der Waals surface area contributed by atoms with E-state index in [2.05, 4.69) is 10.6 Å². The first-order chi connectivity index (χ1) is 16.5. The summed E-state index contributed by atoms with van der Waals surface area (Å²) < 4.78 is 42.5. The van der Waals surface area contributed by atoms with Crippen LogP contribution in [-0.2, 0) is 10.0 Å². The highest BCUT2D eigenvalue weighted by molar-refractivity contribution is 7.92. The van der Waals surface area contributed by atoms with E-state index in [0.29, 0.717) is 33.6 Å². The van der Waals surface area contributed by atoms with Gasteiger partial charge in [-0.25, -0.2) is 22.3 Å². The van der Waals surface area contributed by atoms with Crippen molar-refractivity contribution in [1.82, 2.24) is 9.29 Å². The summed E-state index contributed by atoms with van der Waals surface area (Å²) in [5.41, 5.74) is 1.98. The lowest BCUT2D eigenvalue weighted by Gasteiger charge is -2.16. The number of sulfonamides is 1. The van der Waals surface area contributed by atoms with Gasteiger partial charge < -0.3 is 10.6 Å². The number of fused-ring (bicyclic) bond motifs is 1. The van der Waals surface area contributed by atoms with Crippen LogP contribution in [0.25, 0.3) is 16.5 Å². The van der Waals surface area contributed by atoms with Crippen LogP contribution in [0.15, 0.2) is 57.7 Å². The summed E-state index contributed by atoms with van der Waals surface area (Å²) in [5.74, 6) is -0.535. The minimum Gasteiger partial charge on any atom is -0.386 e. The standard InChI is InChI=1S/C23H20ClFN4O4S2/c1-12-8-15(29-7-6-14-10-18(26-3)17(25)11-16(14)22(29)30)9-13(2)21(12)27-23(31)28-35(32,33)20-5-4-19(24)34-20/h4-11,26H,1-3H3,(H2,27,28,31). The van der Waals surface area contributed by atoms with Gasteiger partial charge in [0, 0.05) is 24.6 Å². The maximum absolute atomic E-state index is 14.3. The number of aromatic nitrogens is 1. The number of carbonyl (C=O) groups is 1. The summed E-state index contributed by atoms with van der Waals surface area (Å²) in [6, 6.07) is 9.60. The third-order valence-electron chi connectivity index (χ3n) is 5.34. The molecule has 4 rings (SSSR count). The second-order valence-electron chi connectivity index (χ2n) is 7.73. The maximum Gasteiger partial charge on any atom is 0.333 e. The Labute approximate surface area is 209 Å². The number of benzene rings is 2. The molecule has 3 N–H and O–H groups in total. The van der Waals surface area contributed by atoms with Crippen molar-refractivity contribution in [3.63, 3.8) is 0 Å². The molecule has 0 aliphatic rings. The molecule has 0 bridgehead atoms. The van der Waals surface area contributed by atoms with Crippen LogP contribution in [0.1, 0.15) is 11.1 Å². The van der Waals surface area contributed by atoms with E-state index in [4.69, 9.17) is 11.6 Å². The van der Waals surface area contributed by atoms with Gasteiger partial charge in [-0.3, -0.25) is 9.36 Å². The number of hydrogen-bond donors (Lipinski definition) is 3. The SMILES string of the molecule is CNc1cc2ccn(-c3cc(C)c(NC(=O)NS(=O)(=O)c4ccc(Cl)s4)c(C)c3)c(=O)c2cc1F. The van der Waals surface area contributed by atoms with Crippen LogP contribution in [0.3, 0.4) is 0 Å². The van der Waals surface area contributed by atoms with Gasteiger partial charge in [0.15, 0.2) is 0 Å². The number of halogens is 2. The fourth-order valence-corrected chi connectivity index (χ4v) is 6.08. The Hall–Kier alpha value is -3.41. The Morgan fingerprint density at radius 1 is 1.09 bits per heavy atom. The number of anilines is 2. The van der Waals surface area contributed by atoms with Gasteiger partial charge in [-0.2, -0.15) is 0 Å². The zero-order valence-corrected chi connectivity index (χ0v) is 21.2. The Kier molecular flexibility index (Phi) is 6.58. The minimum absolute atomic E-state index is 0.0876. The van der Waals surface area contributed by atoms with Gasteiger partial charge in [-0.15, -0.1) is 11.3 Å². The van der Waals surface area contributed by atoms with Crippen molar-refractivity contribution in [2.75, 3.05) is 17.7 Å². The van der Waals surface area contributed by atoms with E-state index in [1.54, 1.807) is 51.4 Å². The lowest BCUT2D eigenvalue weighted by Crippen LogP contribution is -2.34. The second-order valence-corrected chi connectivity index (χ2v) is 11.4. The molecule has 2 aromatic heterocycles. The first kappa shape index (κ1) is 24.7. The van der Waals surface area contributed by atoms with E-state index in [1.807, 2.05) is 4.72 Å². The molecule has 0 unspecified atom stereocenters. The van der Waals surface area contributed by atoms with Gasteiger partial charge in [0.2, 0.25) is 0 Å². The average molecular weight is 535 g/mol. The molecule has 0 aliphatic heterocycles. The Bertz CT molecular complexity index is 1620. The molecule has 4 aromatic rings. The van der Waals surface area contributed by atoms with Crippen molar-refractivity contribution >= 4 is 61.1 Å². The van der Waals surface area contributed by atoms with Crippen molar-refractivity contribution in [2.24, 2.45) is 0 Å². The van der Waals surface area contributed by atoms with Gasteiger partial charge in [0.25, 0.3) is 15.6 Å². The number of nitrogens with one attached hydrogen (secondary N) is 3. The van der Waals surface area contributed by atoms with Gasteiger partial charge in [0.05, 0.1) is 15.4 Å². The van der Waals surface area contributed by atoms with Crippen molar-refractivity contribution in [1.29, 1.82) is 0 Å². The highest BCUT2D eigenvalue weighted by Gasteiger charge is 2.21. The number of rotatable bonds is 5. The smallest absolute Gasteiger partial charge is 0.333 e. The maximum atomic E-state index is 14.3. The summed E-state index contributed by atoms with van der Waals surface area (Å²) >= 11 is 6.61. The first-order valence-corrected chi connectivity index (χ1v) is 12.9. The molecule has 182 valence electrons. The van der Waals surface area contributed by atoms with Crippen molar-refractivity contribution in [3.8, 4) is 5.69 Å². The molecule has 0 aliphatic carbocycles. The molecule has 8 nitrogen and oxygen atoms in total. The lowest BCUT2D eigenvalue weighted by molar-refractivity contribution is 0.256. The average Bonchev–Trinajstić information content (AvgIpc) is 3.23. The van der Waals surface area contributed by atoms with Crippen molar-refractivity contribution in [3.05, 3.63) is 80.3 Å². The molecule has 35 heavy (non-hydrogen) atoms. The van der Waals surface area contributed by atoms with Gasteiger partial charge in [-0.1, -0.05) is 11.6 Å². The summed E-state index contributed by atoms with van der Waals surface area (Å²) in [5, 5.41) is 6.11. The summed E-state index contributed by atoms with van der Waals surface area (Å²) in [4.78, 5) is 25.5. The number of thiophene rings is 1. The molecule has 0 radical (unpaired) electrons. The molecule has 12 heteroatoms. The Morgan fingerprint density at radius 2 is 1.77 bits per heavy atom. The largest absolute Gasteiger partial charge is 0.386 e. The molecule has 0 saturated heterocycles. The molecular formula is C23H20ClFN4O4S2. The number of aryl methyl sites for hydroxylation is 2. The van der Waals surface area contributed by atoms with Crippen LogP contribution < -0.4 is 20.9 Å². The number of amides is 2. The Balaban J connectivity index is 1.64. The van der Waals surface area contributed by atoms with Crippen LogP contribution in [0.4, 0.5) is 20.6 Å². The zero-order valence-electron chi connectivity index (χ0n) is 18.8. The predicted molar refractivity (Wildman–Crippen MR) is 137 cm³/mol. The molecule has 2 amide bonds. The molecule has 0 atom stereocenters. The van der Waals surface area contributed by atoms with Crippen LogP contribution in [-0.4, -0.2) is 26.1 Å². The van der Waals surface area contributed by atoms with Gasteiger partial charge >= 0.3 is 6.03 Å². The minimum atomic E-state index is -4.08. The fourth-order valence-electron chi connectivity index (χ4n) is 3.69. The number of nitrogens with zero attached hydrogens (tertiary/aromatic N) is 1. The number of urea groups is 1. The highest BCUT2D eigenvalue weighted by Crippen LogP contribution is 2.27. The van der Waals surface area contributed by atoms with E-state index in [-0.39, 0.29) is 13.9 Å². The normalized spacial score (nSPS) is 11.5. The number of pyridine rings is 1. The van der Waals surface area contributed by atoms with E-state index in [9.17, 15) is 22.4 Å². The molecule has 0 spiro atoms. The lowest BCUT2D eigenvalue weighted by atomic mass is 10.1. The first-order valence-electron chi connectivity index (χ1n) is 10.2. The molecule has 0 saturated carbocycles. The molecule has 2 aromatic carbocycles. The van der Waals surface area contributed by atoms with Crippen LogP contribution in [0.5, 0.6) is 0 Å². The second kappa shape index (κ2) is 9.33. The van der Waals surface area contributed by atoms with E-state index >= 15 is 0 Å². The quantitative estimate of drug-likeness (QED) is 0.333. The van der Waals surface area contributed by atoms with Crippen molar-refractivity contribution < 1.29 is 17.6 Å². The summed E-state index contributed by atoms with van der Waals surface area (Å²) in [6.45, 7) is 3.43. The van der Waals surface area contributed by atoms with E-state index in [0.717, 1.165) is 11.3 Å². The van der Waals surface area contributed by atoms with E-state index in [1.165, 1.54) is 22.8 Å². The highest BCUT2D eigenvalue weighted by atomic mass is 35.5. The van der Waals surface area contributed by atoms with Crippen LogP contribution in [0.2, 0.25) is 4.34 Å². The van der Waals surface area contributed by atoms with Gasteiger partial charge in [0.1, 0.15) is 10.0 Å². The van der Waals surface area contributed by atoms with Crippen LogP contribution >= 0.6 is 22.9 Å². The van der Waals surface area contributed by atoms with Crippen LogP contribution in [0, 0.1) is 19.7 Å². The Morgan fingerprint density at radius 3 is 2.37 bits per heavy atom. The van der Waals surface area contributed by atoms with Crippen molar-refractivity contribution in [2.45, 2.75) is 18.1 Å². The molecule has 0 fully saturated rings. The molecular weight excluding hydrogens is 515 g/mol. The predicted octanol–water partition coefficient (Wildman–Crippen LogP) is 5.01. The fraction of sp³-hybridized carbons (Fsp3) is 0.130.